The van der Waals surface area contributed by atoms with Crippen molar-refractivity contribution in [3.8, 4) is 0 Å². The third kappa shape index (κ3) is 2.08. The lowest BCUT2D eigenvalue weighted by Crippen LogP contribution is -2.56. The molecule has 1 aliphatic rings. The molecule has 1 fully saturated rings. The van der Waals surface area contributed by atoms with Crippen LogP contribution in [0.25, 0.3) is 0 Å². The third-order valence-electron chi connectivity index (χ3n) is 4.40. The lowest BCUT2D eigenvalue weighted by molar-refractivity contribution is 0.0451. The maximum absolute atomic E-state index is 13.2. The molecule has 94 valence electrons. The van der Waals surface area contributed by atoms with E-state index in [-0.39, 0.29) is 11.2 Å². The number of hydrogen-bond donors (Lipinski definition) is 1. The maximum atomic E-state index is 13.2. The second-order valence-electron chi connectivity index (χ2n) is 5.19. The number of hydrogen-bond acceptors (Lipinski definition) is 2. The number of pyridine rings is 1. The molecule has 1 aromatic rings. The van der Waals surface area contributed by atoms with Gasteiger partial charge in [-0.15, -0.1) is 0 Å². The van der Waals surface area contributed by atoms with E-state index in [0.29, 0.717) is 12.0 Å². The summed E-state index contributed by atoms with van der Waals surface area (Å²) in [6, 6.07) is 2.18. The van der Waals surface area contributed by atoms with Gasteiger partial charge in [0, 0.05) is 12.2 Å². The zero-order valence-electron chi connectivity index (χ0n) is 10.8. The summed E-state index contributed by atoms with van der Waals surface area (Å²) >= 11 is 0. The van der Waals surface area contributed by atoms with Crippen molar-refractivity contribution in [2.24, 2.45) is 5.41 Å². The van der Waals surface area contributed by atoms with Crippen molar-refractivity contribution >= 4 is 0 Å². The highest BCUT2D eigenvalue weighted by molar-refractivity contribution is 5.25. The van der Waals surface area contributed by atoms with Crippen LogP contribution >= 0.6 is 0 Å². The van der Waals surface area contributed by atoms with Crippen LogP contribution in [-0.2, 0) is 0 Å². The first-order valence-electron chi connectivity index (χ1n) is 6.45. The lowest BCUT2D eigenvalue weighted by atomic mass is 9.54. The number of rotatable bonds is 4. The molecule has 17 heavy (non-hydrogen) atoms. The van der Waals surface area contributed by atoms with Crippen molar-refractivity contribution in [1.82, 2.24) is 10.3 Å². The van der Waals surface area contributed by atoms with Gasteiger partial charge in [-0.1, -0.05) is 20.8 Å². The van der Waals surface area contributed by atoms with Crippen molar-refractivity contribution in [2.75, 3.05) is 6.54 Å². The highest BCUT2D eigenvalue weighted by Gasteiger charge is 2.50. The molecule has 1 aromatic heterocycles. The van der Waals surface area contributed by atoms with E-state index >= 15 is 0 Å². The summed E-state index contributed by atoms with van der Waals surface area (Å²) in [5.41, 5.74) is 1.27. The summed E-state index contributed by atoms with van der Waals surface area (Å²) < 4.78 is 13.2. The predicted octanol–water partition coefficient (Wildman–Crippen LogP) is 3.10. The molecule has 0 aliphatic heterocycles. The topological polar surface area (TPSA) is 24.9 Å². The van der Waals surface area contributed by atoms with Gasteiger partial charge in [0.05, 0.1) is 6.20 Å². The van der Waals surface area contributed by atoms with Crippen LogP contribution in [0.3, 0.4) is 0 Å². The minimum atomic E-state index is -0.229. The van der Waals surface area contributed by atoms with Crippen molar-refractivity contribution in [2.45, 2.75) is 45.6 Å². The Kier molecular flexibility index (Phi) is 3.48. The van der Waals surface area contributed by atoms with Gasteiger partial charge in [-0.25, -0.2) is 4.39 Å². The summed E-state index contributed by atoms with van der Waals surface area (Å²) in [7, 11) is 0. The Hall–Kier alpha value is -0.960. The molecule has 0 bridgehead atoms. The highest BCUT2D eigenvalue weighted by Crippen LogP contribution is 2.54. The number of aromatic nitrogens is 1. The second kappa shape index (κ2) is 4.73. The highest BCUT2D eigenvalue weighted by atomic mass is 19.1. The second-order valence-corrected chi connectivity index (χ2v) is 5.19. The fourth-order valence-corrected chi connectivity index (χ4v) is 3.05. The molecule has 3 unspecified atom stereocenters. The molecule has 0 aromatic carbocycles. The van der Waals surface area contributed by atoms with Gasteiger partial charge in [-0.3, -0.25) is 4.98 Å². The van der Waals surface area contributed by atoms with Crippen LogP contribution in [0.1, 0.15) is 45.1 Å². The first-order valence-corrected chi connectivity index (χ1v) is 6.45. The Morgan fingerprint density at radius 3 is 2.82 bits per heavy atom. The quantitative estimate of drug-likeness (QED) is 0.869. The Bertz CT molecular complexity index is 394. The van der Waals surface area contributed by atoms with Gasteiger partial charge in [-0.05, 0) is 42.3 Å². The lowest BCUT2D eigenvalue weighted by Gasteiger charge is -2.54. The average Bonchev–Trinajstić information content (AvgIpc) is 2.32. The minimum Gasteiger partial charge on any atom is -0.314 e. The molecule has 3 heteroatoms. The van der Waals surface area contributed by atoms with E-state index in [0.717, 1.165) is 24.9 Å². The molecule has 1 saturated carbocycles. The summed E-state index contributed by atoms with van der Waals surface area (Å²) in [6.45, 7) is 7.63. The van der Waals surface area contributed by atoms with E-state index in [1.807, 2.05) is 6.20 Å². The number of halogens is 1. The SMILES string of the molecule is CCNC1CC(c2cncc(F)c2)C1(C)CC. The predicted molar refractivity (Wildman–Crippen MR) is 67.4 cm³/mol. The fraction of sp³-hybridized carbons (Fsp3) is 0.643. The van der Waals surface area contributed by atoms with E-state index in [2.05, 4.69) is 31.1 Å². The average molecular weight is 236 g/mol. The molecule has 1 heterocycles. The molecule has 1 N–H and O–H groups in total. The van der Waals surface area contributed by atoms with E-state index in [1.165, 1.54) is 6.20 Å². The molecule has 3 atom stereocenters. The van der Waals surface area contributed by atoms with E-state index < -0.39 is 0 Å². The van der Waals surface area contributed by atoms with Crippen molar-refractivity contribution in [3.63, 3.8) is 0 Å². The van der Waals surface area contributed by atoms with Crippen LogP contribution in [0.5, 0.6) is 0 Å². The van der Waals surface area contributed by atoms with Crippen molar-refractivity contribution in [3.05, 3.63) is 29.8 Å². The van der Waals surface area contributed by atoms with E-state index in [9.17, 15) is 4.39 Å². The number of nitrogens with zero attached hydrogens (tertiary/aromatic N) is 1. The van der Waals surface area contributed by atoms with Gasteiger partial charge in [0.15, 0.2) is 0 Å². The fourth-order valence-electron chi connectivity index (χ4n) is 3.05. The van der Waals surface area contributed by atoms with E-state index in [1.54, 1.807) is 6.07 Å². The van der Waals surface area contributed by atoms with Crippen molar-refractivity contribution in [1.29, 1.82) is 0 Å². The Morgan fingerprint density at radius 2 is 2.24 bits per heavy atom. The molecule has 2 rings (SSSR count). The smallest absolute Gasteiger partial charge is 0.141 e. The molecular weight excluding hydrogens is 215 g/mol. The van der Waals surface area contributed by atoms with Crippen LogP contribution in [0.15, 0.2) is 18.5 Å². The molecule has 2 nitrogen and oxygen atoms in total. The maximum Gasteiger partial charge on any atom is 0.141 e. The van der Waals surface area contributed by atoms with Crippen LogP contribution in [-0.4, -0.2) is 17.6 Å². The Balaban J connectivity index is 2.19. The van der Waals surface area contributed by atoms with Gasteiger partial charge in [0.25, 0.3) is 0 Å². The monoisotopic (exact) mass is 236 g/mol. The molecule has 0 radical (unpaired) electrons. The summed E-state index contributed by atoms with van der Waals surface area (Å²) in [6.07, 6.45) is 5.27. The Labute approximate surface area is 103 Å². The minimum absolute atomic E-state index is 0.228. The normalized spacial score (nSPS) is 32.2. The zero-order valence-corrected chi connectivity index (χ0v) is 10.8. The largest absolute Gasteiger partial charge is 0.314 e. The molecule has 1 aliphatic carbocycles. The number of nitrogens with one attached hydrogen (secondary N) is 1. The first-order chi connectivity index (χ1) is 8.11. The first kappa shape index (κ1) is 12.5. The van der Waals surface area contributed by atoms with Crippen LogP contribution in [0.2, 0.25) is 0 Å². The van der Waals surface area contributed by atoms with E-state index in [4.69, 9.17) is 0 Å². The van der Waals surface area contributed by atoms with Gasteiger partial charge in [0.1, 0.15) is 5.82 Å². The van der Waals surface area contributed by atoms with Gasteiger partial charge >= 0.3 is 0 Å². The summed E-state index contributed by atoms with van der Waals surface area (Å²) in [4.78, 5) is 3.96. The van der Waals surface area contributed by atoms with Crippen LogP contribution < -0.4 is 5.32 Å². The van der Waals surface area contributed by atoms with Crippen LogP contribution in [0.4, 0.5) is 4.39 Å². The summed E-state index contributed by atoms with van der Waals surface area (Å²) in [5, 5.41) is 3.52. The Morgan fingerprint density at radius 1 is 1.47 bits per heavy atom. The van der Waals surface area contributed by atoms with Gasteiger partial charge in [-0.2, -0.15) is 0 Å². The third-order valence-corrected chi connectivity index (χ3v) is 4.40. The molecule has 0 amide bonds. The summed E-state index contributed by atoms with van der Waals surface area (Å²) in [5.74, 6) is 0.201. The molecular formula is C14H21FN2. The molecule has 0 saturated heterocycles. The molecule has 0 spiro atoms. The standard InChI is InChI=1S/C14H21FN2/c1-4-14(3)12(7-13(14)17-5-2)10-6-11(15)9-16-8-10/h6,8-9,12-13,17H,4-5,7H2,1-3H3. The van der Waals surface area contributed by atoms with Crippen LogP contribution in [0, 0.1) is 11.2 Å². The zero-order chi connectivity index (χ0) is 12.5. The van der Waals surface area contributed by atoms with Crippen molar-refractivity contribution < 1.29 is 4.39 Å². The van der Waals surface area contributed by atoms with Gasteiger partial charge < -0.3 is 5.32 Å². The van der Waals surface area contributed by atoms with Gasteiger partial charge in [0.2, 0.25) is 0 Å².